The number of hydrogen-bond donors (Lipinski definition) is 1. The summed E-state index contributed by atoms with van der Waals surface area (Å²) in [6.07, 6.45) is 0.772. The van der Waals surface area contributed by atoms with Crippen LogP contribution in [-0.4, -0.2) is 10.7 Å². The summed E-state index contributed by atoms with van der Waals surface area (Å²) in [6.45, 7) is 1.97. The molecule has 19 heavy (non-hydrogen) atoms. The first-order chi connectivity index (χ1) is 9.20. The molecule has 0 radical (unpaired) electrons. The maximum absolute atomic E-state index is 11.7. The van der Waals surface area contributed by atoms with Crippen molar-refractivity contribution in [2.24, 2.45) is 0 Å². The minimum atomic E-state index is -0.138. The second-order valence-electron chi connectivity index (χ2n) is 4.31. The number of alkyl halides is 1. The Balaban J connectivity index is 2.09. The van der Waals surface area contributed by atoms with Gasteiger partial charge < -0.3 is 5.32 Å². The van der Waals surface area contributed by atoms with Crippen LogP contribution in [0.2, 0.25) is 0 Å². The van der Waals surface area contributed by atoms with Gasteiger partial charge in [0.05, 0.1) is 4.83 Å². The zero-order valence-corrected chi connectivity index (χ0v) is 12.4. The number of nitrogens with one attached hydrogen (secondary N) is 1. The molecule has 0 fully saturated rings. The average Bonchev–Trinajstić information content (AvgIpc) is 2.48. The molecular weight excluding hydrogens is 302 g/mol. The molecule has 1 N–H and O–H groups in total. The van der Waals surface area contributed by atoms with Crippen LogP contribution in [0.1, 0.15) is 13.3 Å². The van der Waals surface area contributed by atoms with Crippen LogP contribution in [0.4, 0.5) is 5.69 Å². The molecular formula is C16H16BrNO. The van der Waals surface area contributed by atoms with E-state index in [9.17, 15) is 4.79 Å². The predicted molar refractivity (Wildman–Crippen MR) is 83.5 cm³/mol. The average molecular weight is 318 g/mol. The molecule has 0 heterocycles. The molecule has 2 nitrogen and oxygen atoms in total. The summed E-state index contributed by atoms with van der Waals surface area (Å²) in [5, 5.41) is 2.89. The van der Waals surface area contributed by atoms with Crippen molar-refractivity contribution in [3.63, 3.8) is 0 Å². The molecule has 0 bridgehead atoms. The van der Waals surface area contributed by atoms with Crippen LogP contribution < -0.4 is 5.32 Å². The van der Waals surface area contributed by atoms with Gasteiger partial charge >= 0.3 is 0 Å². The molecule has 0 saturated carbocycles. The number of carbonyl (C=O) groups excluding carboxylic acids is 1. The van der Waals surface area contributed by atoms with Gasteiger partial charge in [0.2, 0.25) is 5.91 Å². The minimum absolute atomic E-state index is 0.00467. The van der Waals surface area contributed by atoms with Gasteiger partial charge in [-0.1, -0.05) is 65.3 Å². The van der Waals surface area contributed by atoms with Crippen molar-refractivity contribution in [2.75, 3.05) is 5.32 Å². The van der Waals surface area contributed by atoms with E-state index in [0.29, 0.717) is 0 Å². The van der Waals surface area contributed by atoms with E-state index in [1.54, 1.807) is 0 Å². The van der Waals surface area contributed by atoms with Gasteiger partial charge in [0.25, 0.3) is 0 Å². The first kappa shape index (κ1) is 13.8. The van der Waals surface area contributed by atoms with Gasteiger partial charge in [-0.2, -0.15) is 0 Å². The Morgan fingerprint density at radius 2 is 1.63 bits per heavy atom. The molecule has 0 saturated heterocycles. The molecule has 3 heteroatoms. The highest BCUT2D eigenvalue weighted by Gasteiger charge is 2.11. The third-order valence-electron chi connectivity index (χ3n) is 2.90. The van der Waals surface area contributed by atoms with Gasteiger partial charge in [-0.25, -0.2) is 0 Å². The fourth-order valence-electron chi connectivity index (χ4n) is 1.78. The highest BCUT2D eigenvalue weighted by Crippen LogP contribution is 2.21. The Labute approximate surface area is 122 Å². The van der Waals surface area contributed by atoms with Crippen LogP contribution >= 0.6 is 15.9 Å². The van der Waals surface area contributed by atoms with E-state index in [4.69, 9.17) is 0 Å². The normalized spacial score (nSPS) is 11.9. The van der Waals surface area contributed by atoms with Gasteiger partial charge in [0, 0.05) is 5.69 Å². The van der Waals surface area contributed by atoms with Crippen molar-refractivity contribution in [1.82, 2.24) is 0 Å². The molecule has 0 aliphatic rings. The highest BCUT2D eigenvalue weighted by molar-refractivity contribution is 9.10. The molecule has 98 valence electrons. The van der Waals surface area contributed by atoms with Crippen LogP contribution in [0, 0.1) is 0 Å². The van der Waals surface area contributed by atoms with Crippen LogP contribution in [0.25, 0.3) is 11.1 Å². The van der Waals surface area contributed by atoms with Gasteiger partial charge in [0.1, 0.15) is 0 Å². The topological polar surface area (TPSA) is 29.1 Å². The van der Waals surface area contributed by atoms with Crippen molar-refractivity contribution in [1.29, 1.82) is 0 Å². The van der Waals surface area contributed by atoms with Crippen molar-refractivity contribution in [3.8, 4) is 11.1 Å². The molecule has 1 atom stereocenters. The van der Waals surface area contributed by atoms with Crippen molar-refractivity contribution < 1.29 is 4.79 Å². The van der Waals surface area contributed by atoms with Gasteiger partial charge in [0.15, 0.2) is 0 Å². The molecule has 2 aromatic carbocycles. The molecule has 0 aromatic heterocycles. The Kier molecular flexibility index (Phi) is 4.74. The van der Waals surface area contributed by atoms with Crippen LogP contribution in [-0.2, 0) is 4.79 Å². The van der Waals surface area contributed by atoms with E-state index in [1.165, 1.54) is 5.56 Å². The number of benzene rings is 2. The van der Waals surface area contributed by atoms with Crippen molar-refractivity contribution in [3.05, 3.63) is 54.6 Å². The Morgan fingerprint density at radius 3 is 2.21 bits per heavy atom. The van der Waals surface area contributed by atoms with Crippen LogP contribution in [0.3, 0.4) is 0 Å². The smallest absolute Gasteiger partial charge is 0.238 e. The van der Waals surface area contributed by atoms with Gasteiger partial charge in [-0.05, 0) is 29.7 Å². The maximum atomic E-state index is 11.7. The highest BCUT2D eigenvalue weighted by atomic mass is 79.9. The number of anilines is 1. The standard InChI is InChI=1S/C16H16BrNO/c1-2-15(17)16(19)18-14-10-8-13(9-11-14)12-6-4-3-5-7-12/h3-11,15H,2H2,1H3,(H,18,19). The molecule has 0 aliphatic heterocycles. The van der Waals surface area contributed by atoms with E-state index in [2.05, 4.69) is 33.4 Å². The quantitative estimate of drug-likeness (QED) is 0.828. The fourth-order valence-corrected chi connectivity index (χ4v) is 1.90. The second kappa shape index (κ2) is 6.53. The Morgan fingerprint density at radius 1 is 1.05 bits per heavy atom. The largest absolute Gasteiger partial charge is 0.325 e. The number of halogens is 1. The number of carbonyl (C=O) groups is 1. The summed E-state index contributed by atoms with van der Waals surface area (Å²) in [7, 11) is 0. The zero-order valence-electron chi connectivity index (χ0n) is 10.8. The summed E-state index contributed by atoms with van der Waals surface area (Å²) in [5.41, 5.74) is 3.14. The monoisotopic (exact) mass is 317 g/mol. The van der Waals surface area contributed by atoms with E-state index in [-0.39, 0.29) is 10.7 Å². The van der Waals surface area contributed by atoms with E-state index < -0.39 is 0 Å². The maximum Gasteiger partial charge on any atom is 0.238 e. The number of hydrogen-bond acceptors (Lipinski definition) is 1. The molecule has 2 rings (SSSR count). The number of amides is 1. The lowest BCUT2D eigenvalue weighted by molar-refractivity contribution is -0.115. The molecule has 1 unspecified atom stereocenters. The van der Waals surface area contributed by atoms with Crippen LogP contribution in [0.5, 0.6) is 0 Å². The molecule has 2 aromatic rings. The lowest BCUT2D eigenvalue weighted by atomic mass is 10.1. The zero-order chi connectivity index (χ0) is 13.7. The van der Waals surface area contributed by atoms with Crippen LogP contribution in [0.15, 0.2) is 54.6 Å². The van der Waals surface area contributed by atoms with E-state index >= 15 is 0 Å². The summed E-state index contributed by atoms with van der Waals surface area (Å²) in [6, 6.07) is 18.0. The predicted octanol–water partition coefficient (Wildman–Crippen LogP) is 4.47. The minimum Gasteiger partial charge on any atom is -0.325 e. The fraction of sp³-hybridized carbons (Fsp3) is 0.188. The SMILES string of the molecule is CCC(Br)C(=O)Nc1ccc(-c2ccccc2)cc1. The lowest BCUT2D eigenvalue weighted by Crippen LogP contribution is -2.21. The Hall–Kier alpha value is -1.61. The Bertz CT molecular complexity index is 536. The molecule has 0 spiro atoms. The van der Waals surface area contributed by atoms with E-state index in [1.807, 2.05) is 49.4 Å². The van der Waals surface area contributed by atoms with E-state index in [0.717, 1.165) is 17.7 Å². The van der Waals surface area contributed by atoms with Gasteiger partial charge in [-0.15, -0.1) is 0 Å². The summed E-state index contributed by atoms with van der Waals surface area (Å²) in [4.78, 5) is 11.6. The molecule has 1 amide bonds. The third-order valence-corrected chi connectivity index (χ3v) is 3.97. The molecule has 0 aliphatic carbocycles. The second-order valence-corrected chi connectivity index (χ2v) is 5.41. The van der Waals surface area contributed by atoms with Crippen molar-refractivity contribution >= 4 is 27.5 Å². The first-order valence-corrected chi connectivity index (χ1v) is 7.22. The van der Waals surface area contributed by atoms with Crippen molar-refractivity contribution in [2.45, 2.75) is 18.2 Å². The number of rotatable bonds is 4. The van der Waals surface area contributed by atoms with Gasteiger partial charge in [-0.3, -0.25) is 4.79 Å². The lowest BCUT2D eigenvalue weighted by Gasteiger charge is -2.09. The first-order valence-electron chi connectivity index (χ1n) is 6.31. The summed E-state index contributed by atoms with van der Waals surface area (Å²) >= 11 is 3.34. The third kappa shape index (κ3) is 3.67. The summed E-state index contributed by atoms with van der Waals surface area (Å²) < 4.78 is 0. The summed E-state index contributed by atoms with van der Waals surface area (Å²) in [5.74, 6) is -0.00467.